The SMILES string of the molecule is OC(c1ccccc1)(c1ccccc1)C12CC[N+](CCOCc3ccc4ccccc4c3)(CC1)CC2.[Br-]. The lowest BCUT2D eigenvalue weighted by Gasteiger charge is -2.60. The van der Waals surface area contributed by atoms with E-state index in [-0.39, 0.29) is 22.4 Å². The van der Waals surface area contributed by atoms with Crippen LogP contribution in [0.25, 0.3) is 10.8 Å². The lowest BCUT2D eigenvalue weighted by atomic mass is 9.56. The van der Waals surface area contributed by atoms with E-state index in [1.165, 1.54) is 16.3 Å². The number of quaternary nitrogens is 1. The monoisotopic (exact) mass is 557 g/mol. The zero-order valence-electron chi connectivity index (χ0n) is 21.4. The number of benzene rings is 4. The molecule has 3 nitrogen and oxygen atoms in total. The molecule has 37 heavy (non-hydrogen) atoms. The van der Waals surface area contributed by atoms with E-state index in [0.717, 1.165) is 67.7 Å². The van der Waals surface area contributed by atoms with Crippen molar-refractivity contribution >= 4 is 10.8 Å². The Morgan fingerprint density at radius 2 is 1.24 bits per heavy atom. The summed E-state index contributed by atoms with van der Waals surface area (Å²) in [7, 11) is 0. The third-order valence-corrected chi connectivity index (χ3v) is 9.14. The zero-order valence-corrected chi connectivity index (χ0v) is 22.9. The van der Waals surface area contributed by atoms with Gasteiger partial charge >= 0.3 is 0 Å². The van der Waals surface area contributed by atoms with E-state index in [1.54, 1.807) is 0 Å². The molecule has 0 unspecified atom stereocenters. The van der Waals surface area contributed by atoms with Gasteiger partial charge in [-0.3, -0.25) is 0 Å². The molecular weight excluding hydrogens is 522 g/mol. The van der Waals surface area contributed by atoms with E-state index >= 15 is 0 Å². The lowest BCUT2D eigenvalue weighted by molar-refractivity contribution is -0.946. The Hall–Kier alpha value is -2.50. The molecule has 3 fully saturated rings. The molecule has 0 radical (unpaired) electrons. The van der Waals surface area contributed by atoms with Crippen LogP contribution in [0.1, 0.15) is 36.0 Å². The van der Waals surface area contributed by atoms with Crippen LogP contribution in [-0.4, -0.2) is 42.4 Å². The van der Waals surface area contributed by atoms with Gasteiger partial charge in [0, 0.05) is 24.7 Å². The highest BCUT2D eigenvalue weighted by Gasteiger charge is 2.60. The number of ether oxygens (including phenoxy) is 1. The van der Waals surface area contributed by atoms with Gasteiger partial charge in [-0.1, -0.05) is 97.1 Å². The van der Waals surface area contributed by atoms with Gasteiger partial charge in [0.05, 0.1) is 32.8 Å². The fraction of sp³-hybridized carbons (Fsp3) is 0.333. The maximum Gasteiger partial charge on any atom is 0.121 e. The van der Waals surface area contributed by atoms with Crippen molar-refractivity contribution in [1.82, 2.24) is 0 Å². The van der Waals surface area contributed by atoms with Crippen LogP contribution in [-0.2, 0) is 16.9 Å². The van der Waals surface area contributed by atoms with Gasteiger partial charge < -0.3 is 31.3 Å². The summed E-state index contributed by atoms with van der Waals surface area (Å²) in [5.41, 5.74) is 2.20. The first-order chi connectivity index (χ1) is 17.6. The normalized spacial score (nSPS) is 23.1. The van der Waals surface area contributed by atoms with Gasteiger partial charge in [0.15, 0.2) is 0 Å². The summed E-state index contributed by atoms with van der Waals surface area (Å²) in [6.07, 6.45) is 3.12. The van der Waals surface area contributed by atoms with Crippen molar-refractivity contribution in [2.45, 2.75) is 31.5 Å². The predicted molar refractivity (Wildman–Crippen MR) is 145 cm³/mol. The van der Waals surface area contributed by atoms with Crippen LogP contribution in [0.5, 0.6) is 0 Å². The number of hydrogen-bond donors (Lipinski definition) is 1. The van der Waals surface area contributed by atoms with Gasteiger partial charge in [-0.15, -0.1) is 0 Å². The van der Waals surface area contributed by atoms with Gasteiger partial charge in [-0.05, 0) is 33.5 Å². The average Bonchev–Trinajstić information content (AvgIpc) is 2.97. The molecule has 0 atom stereocenters. The Morgan fingerprint density at radius 3 is 1.84 bits per heavy atom. The molecule has 2 bridgehead atoms. The molecule has 0 spiro atoms. The number of piperidine rings is 3. The molecule has 1 N–H and O–H groups in total. The van der Waals surface area contributed by atoms with Crippen molar-refractivity contribution in [3.05, 3.63) is 120 Å². The van der Waals surface area contributed by atoms with Crippen LogP contribution in [0, 0.1) is 5.41 Å². The molecule has 192 valence electrons. The molecule has 0 saturated carbocycles. The standard InChI is InChI=1S/C33H36NO2.BrH/c35-33(30-11-3-1-4-12-30,31-13-5-2-6-14-31)32-17-20-34(21-18-32,22-19-32)23-24-36-26-27-15-16-28-9-7-8-10-29(28)25-27;/h1-16,25,35H,17-24,26H2;1H/q+1;/p-1. The molecule has 3 heterocycles. The Labute approximate surface area is 231 Å². The fourth-order valence-corrected chi connectivity index (χ4v) is 6.86. The minimum atomic E-state index is -0.960. The predicted octanol–water partition coefficient (Wildman–Crippen LogP) is 3.30. The molecule has 4 heteroatoms. The second-order valence-corrected chi connectivity index (χ2v) is 10.9. The molecule has 0 aliphatic carbocycles. The van der Waals surface area contributed by atoms with Crippen LogP contribution in [0.4, 0.5) is 0 Å². The molecule has 3 aliphatic rings. The first-order valence-corrected chi connectivity index (χ1v) is 13.4. The fourth-order valence-electron chi connectivity index (χ4n) is 6.86. The van der Waals surface area contributed by atoms with Crippen molar-refractivity contribution in [1.29, 1.82) is 0 Å². The van der Waals surface area contributed by atoms with Crippen LogP contribution in [0.15, 0.2) is 103 Å². The topological polar surface area (TPSA) is 29.5 Å². The molecule has 3 saturated heterocycles. The third kappa shape index (κ3) is 4.77. The minimum Gasteiger partial charge on any atom is -1.00 e. The number of halogens is 1. The lowest BCUT2D eigenvalue weighted by Crippen LogP contribution is -3.00. The second kappa shape index (κ2) is 10.7. The number of aliphatic hydroxyl groups is 1. The first kappa shape index (κ1) is 26.1. The summed E-state index contributed by atoms with van der Waals surface area (Å²) >= 11 is 0. The highest BCUT2D eigenvalue weighted by Crippen LogP contribution is 2.57. The third-order valence-electron chi connectivity index (χ3n) is 9.14. The maximum absolute atomic E-state index is 12.5. The molecule has 4 aromatic carbocycles. The Bertz CT molecular complexity index is 1260. The molecule has 0 amide bonds. The zero-order chi connectivity index (χ0) is 24.5. The van der Waals surface area contributed by atoms with E-state index in [4.69, 9.17) is 4.74 Å². The van der Waals surface area contributed by atoms with Gasteiger partial charge in [0.25, 0.3) is 0 Å². The van der Waals surface area contributed by atoms with Crippen molar-refractivity contribution in [2.75, 3.05) is 32.8 Å². The summed E-state index contributed by atoms with van der Waals surface area (Å²) < 4.78 is 7.31. The molecular formula is C33H36BrNO2. The summed E-state index contributed by atoms with van der Waals surface area (Å²) in [4.78, 5) is 0. The largest absolute Gasteiger partial charge is 1.00 e. The number of hydrogen-bond acceptors (Lipinski definition) is 2. The quantitative estimate of drug-likeness (QED) is 0.266. The van der Waals surface area contributed by atoms with Crippen molar-refractivity contribution in [3.8, 4) is 0 Å². The number of nitrogens with zero attached hydrogens (tertiary/aromatic N) is 1. The molecule has 4 aromatic rings. The smallest absolute Gasteiger partial charge is 0.121 e. The molecule has 7 rings (SSSR count). The van der Waals surface area contributed by atoms with E-state index in [1.807, 2.05) is 12.1 Å². The van der Waals surface area contributed by atoms with Crippen LogP contribution < -0.4 is 17.0 Å². The van der Waals surface area contributed by atoms with Gasteiger partial charge in [-0.25, -0.2) is 0 Å². The van der Waals surface area contributed by atoms with Crippen LogP contribution in [0.3, 0.4) is 0 Å². The first-order valence-electron chi connectivity index (χ1n) is 13.4. The number of fused-ring (bicyclic) bond motifs is 4. The van der Waals surface area contributed by atoms with E-state index in [2.05, 4.69) is 91.0 Å². The highest BCUT2D eigenvalue weighted by molar-refractivity contribution is 5.82. The van der Waals surface area contributed by atoms with Crippen molar-refractivity contribution in [3.63, 3.8) is 0 Å². The van der Waals surface area contributed by atoms with Gasteiger partial charge in [0.1, 0.15) is 12.1 Å². The maximum atomic E-state index is 12.5. The van der Waals surface area contributed by atoms with Crippen LogP contribution in [0.2, 0.25) is 0 Å². The second-order valence-electron chi connectivity index (χ2n) is 10.9. The molecule has 3 aliphatic heterocycles. The summed E-state index contributed by atoms with van der Waals surface area (Å²) in [6.45, 7) is 5.83. The summed E-state index contributed by atoms with van der Waals surface area (Å²) in [6, 6.07) is 35.8. The summed E-state index contributed by atoms with van der Waals surface area (Å²) in [5.74, 6) is 0. The molecule has 0 aromatic heterocycles. The van der Waals surface area contributed by atoms with E-state index < -0.39 is 5.60 Å². The minimum absolute atomic E-state index is 0. The van der Waals surface area contributed by atoms with Gasteiger partial charge in [0.2, 0.25) is 0 Å². The van der Waals surface area contributed by atoms with E-state index in [0.29, 0.717) is 6.61 Å². The number of rotatable bonds is 8. The van der Waals surface area contributed by atoms with Gasteiger partial charge in [-0.2, -0.15) is 0 Å². The van der Waals surface area contributed by atoms with Crippen molar-refractivity contribution < 1.29 is 31.3 Å². The Kier molecular flexibility index (Phi) is 7.56. The van der Waals surface area contributed by atoms with E-state index in [9.17, 15) is 5.11 Å². The average molecular weight is 559 g/mol. The summed E-state index contributed by atoms with van der Waals surface area (Å²) in [5, 5.41) is 15.1. The Morgan fingerprint density at radius 1 is 0.703 bits per heavy atom. The van der Waals surface area contributed by atoms with Crippen molar-refractivity contribution in [2.24, 2.45) is 5.41 Å². The Balaban J connectivity index is 0.00000280. The van der Waals surface area contributed by atoms with Crippen LogP contribution >= 0.6 is 0 Å². The highest BCUT2D eigenvalue weighted by atomic mass is 79.9.